The topological polar surface area (TPSA) is 77.6 Å². The molecule has 0 unspecified atom stereocenters. The van der Waals surface area contributed by atoms with Crippen molar-refractivity contribution in [2.45, 2.75) is 26.4 Å². The largest absolute Gasteiger partial charge is 0.497 e. The lowest BCUT2D eigenvalue weighted by Gasteiger charge is -2.18. The smallest absolute Gasteiger partial charge is 0.273 e. The van der Waals surface area contributed by atoms with Crippen LogP contribution in [0.1, 0.15) is 24.2 Å². The number of aromatic nitrogens is 3. The number of ether oxygens (including phenoxy) is 1. The summed E-state index contributed by atoms with van der Waals surface area (Å²) in [5.74, 6) is 0.617. The van der Waals surface area contributed by atoms with Crippen LogP contribution in [-0.2, 0) is 11.3 Å². The van der Waals surface area contributed by atoms with E-state index in [9.17, 15) is 9.59 Å². The van der Waals surface area contributed by atoms with Gasteiger partial charge in [0.25, 0.3) is 5.56 Å². The molecule has 0 aliphatic heterocycles. The second kappa shape index (κ2) is 7.43. The second-order valence-electron chi connectivity index (χ2n) is 6.98. The summed E-state index contributed by atoms with van der Waals surface area (Å²) in [6.07, 6.45) is 0. The van der Waals surface area contributed by atoms with Gasteiger partial charge in [-0.05, 0) is 43.7 Å². The van der Waals surface area contributed by atoms with Crippen LogP contribution in [0.25, 0.3) is 16.6 Å². The highest BCUT2D eigenvalue weighted by atomic mass is 16.5. The number of rotatable bonds is 5. The molecule has 0 radical (unpaired) electrons. The third-order valence-corrected chi connectivity index (χ3v) is 5.04. The average Bonchev–Trinajstić information content (AvgIpc) is 3.06. The Labute approximate surface area is 167 Å². The molecular formula is C22H22N4O3. The standard InChI is InChI=1S/C22H22N4O3/c1-14-11-20(27)24-21-18-9-4-5-10-19(18)26(25(14)21)15(2)22(28)23-13-16-7-6-8-17(12-16)29-3/h4-12,15H,13H2,1-3H3,(H,23,28)/t15-/m0/s1. The lowest BCUT2D eigenvalue weighted by atomic mass is 10.2. The highest BCUT2D eigenvalue weighted by Crippen LogP contribution is 2.25. The van der Waals surface area contributed by atoms with Crippen molar-refractivity contribution >= 4 is 22.5 Å². The minimum Gasteiger partial charge on any atom is -0.497 e. The van der Waals surface area contributed by atoms with E-state index >= 15 is 0 Å². The van der Waals surface area contributed by atoms with Gasteiger partial charge in [-0.25, -0.2) is 4.52 Å². The normalized spacial score (nSPS) is 12.2. The fourth-order valence-corrected chi connectivity index (χ4v) is 3.62. The van der Waals surface area contributed by atoms with Crippen molar-refractivity contribution in [2.75, 3.05) is 7.11 Å². The number of aryl methyl sites for hydroxylation is 1. The Bertz CT molecular complexity index is 1270. The molecule has 1 amide bonds. The molecule has 0 saturated carbocycles. The van der Waals surface area contributed by atoms with Crippen LogP contribution in [0.3, 0.4) is 0 Å². The average molecular weight is 390 g/mol. The number of hydrogen-bond donors (Lipinski definition) is 1. The molecule has 1 N–H and O–H groups in total. The molecule has 148 valence electrons. The van der Waals surface area contributed by atoms with E-state index in [0.717, 1.165) is 27.9 Å². The molecule has 0 saturated heterocycles. The second-order valence-corrected chi connectivity index (χ2v) is 6.98. The maximum atomic E-state index is 13.0. The van der Waals surface area contributed by atoms with Crippen molar-refractivity contribution in [3.05, 3.63) is 76.2 Å². The van der Waals surface area contributed by atoms with Crippen molar-refractivity contribution < 1.29 is 9.53 Å². The van der Waals surface area contributed by atoms with Crippen LogP contribution < -0.4 is 15.6 Å². The molecule has 4 aromatic rings. The molecule has 0 bridgehead atoms. The van der Waals surface area contributed by atoms with Gasteiger partial charge in [-0.15, -0.1) is 0 Å². The first-order valence-corrected chi connectivity index (χ1v) is 9.40. The number of nitrogens with zero attached hydrogens (tertiary/aromatic N) is 3. The number of hydrogen-bond acceptors (Lipinski definition) is 4. The van der Waals surface area contributed by atoms with Gasteiger partial charge >= 0.3 is 0 Å². The summed E-state index contributed by atoms with van der Waals surface area (Å²) in [6.45, 7) is 4.07. The lowest BCUT2D eigenvalue weighted by molar-refractivity contribution is -0.124. The Kier molecular flexibility index (Phi) is 4.80. The highest BCUT2D eigenvalue weighted by Gasteiger charge is 2.22. The summed E-state index contributed by atoms with van der Waals surface area (Å²) in [6, 6.07) is 16.2. The third-order valence-electron chi connectivity index (χ3n) is 5.04. The van der Waals surface area contributed by atoms with Crippen LogP contribution in [-0.4, -0.2) is 27.2 Å². The van der Waals surface area contributed by atoms with Gasteiger partial charge < -0.3 is 10.1 Å². The predicted molar refractivity (Wildman–Crippen MR) is 111 cm³/mol. The number of amides is 1. The summed E-state index contributed by atoms with van der Waals surface area (Å²) < 4.78 is 8.95. The van der Waals surface area contributed by atoms with Gasteiger partial charge in [0, 0.05) is 23.7 Å². The Hall–Kier alpha value is -3.61. The van der Waals surface area contributed by atoms with Crippen LogP contribution in [0, 0.1) is 6.92 Å². The molecule has 0 fully saturated rings. The Balaban J connectivity index is 1.71. The van der Waals surface area contributed by atoms with E-state index in [2.05, 4.69) is 10.3 Å². The molecule has 2 aromatic heterocycles. The number of nitrogens with one attached hydrogen (secondary N) is 1. The van der Waals surface area contributed by atoms with Gasteiger partial charge in [0.1, 0.15) is 11.8 Å². The predicted octanol–water partition coefficient (Wildman–Crippen LogP) is 2.84. The Morgan fingerprint density at radius 2 is 1.97 bits per heavy atom. The van der Waals surface area contributed by atoms with Gasteiger partial charge in [-0.3, -0.25) is 14.3 Å². The van der Waals surface area contributed by atoms with E-state index < -0.39 is 6.04 Å². The van der Waals surface area contributed by atoms with Crippen molar-refractivity contribution in [3.63, 3.8) is 0 Å². The minimum absolute atomic E-state index is 0.131. The SMILES string of the molecule is COc1cccc(CNC(=O)[C@H](C)n2c3ccccc3c3nc(=O)cc(C)n32)c1. The molecule has 2 heterocycles. The first-order chi connectivity index (χ1) is 14.0. The van der Waals surface area contributed by atoms with Crippen LogP contribution >= 0.6 is 0 Å². The van der Waals surface area contributed by atoms with E-state index in [-0.39, 0.29) is 11.5 Å². The third kappa shape index (κ3) is 3.35. The van der Waals surface area contributed by atoms with Crippen LogP contribution in [0.5, 0.6) is 5.75 Å². The highest BCUT2D eigenvalue weighted by molar-refractivity contribution is 5.94. The molecule has 7 nitrogen and oxygen atoms in total. The van der Waals surface area contributed by atoms with Gasteiger partial charge in [-0.1, -0.05) is 24.3 Å². The van der Waals surface area contributed by atoms with Crippen LogP contribution in [0.2, 0.25) is 0 Å². The molecule has 29 heavy (non-hydrogen) atoms. The molecular weight excluding hydrogens is 368 g/mol. The van der Waals surface area contributed by atoms with E-state index in [4.69, 9.17) is 4.74 Å². The number of methoxy groups -OCH3 is 1. The van der Waals surface area contributed by atoms with Gasteiger partial charge in [-0.2, -0.15) is 4.98 Å². The Morgan fingerprint density at radius 3 is 2.76 bits per heavy atom. The first-order valence-electron chi connectivity index (χ1n) is 9.40. The number of carbonyl (C=O) groups is 1. The maximum absolute atomic E-state index is 13.0. The zero-order valence-corrected chi connectivity index (χ0v) is 16.5. The van der Waals surface area contributed by atoms with Crippen molar-refractivity contribution in [1.29, 1.82) is 0 Å². The monoisotopic (exact) mass is 390 g/mol. The summed E-state index contributed by atoms with van der Waals surface area (Å²) in [7, 11) is 1.61. The van der Waals surface area contributed by atoms with Crippen molar-refractivity contribution in [3.8, 4) is 5.75 Å². The summed E-state index contributed by atoms with van der Waals surface area (Å²) in [5, 5.41) is 3.82. The number of benzene rings is 2. The first kappa shape index (κ1) is 18.7. The molecule has 2 aromatic carbocycles. The van der Waals surface area contributed by atoms with E-state index in [1.54, 1.807) is 7.11 Å². The van der Waals surface area contributed by atoms with Gasteiger partial charge in [0.15, 0.2) is 5.65 Å². The Morgan fingerprint density at radius 1 is 1.17 bits per heavy atom. The minimum atomic E-state index is -0.508. The lowest BCUT2D eigenvalue weighted by Crippen LogP contribution is -2.32. The van der Waals surface area contributed by atoms with E-state index in [1.165, 1.54) is 6.07 Å². The fraction of sp³-hybridized carbons (Fsp3) is 0.227. The molecule has 0 spiro atoms. The van der Waals surface area contributed by atoms with Gasteiger partial charge in [0.2, 0.25) is 5.91 Å². The summed E-state index contributed by atoms with van der Waals surface area (Å²) in [4.78, 5) is 29.1. The summed E-state index contributed by atoms with van der Waals surface area (Å²) in [5.41, 5.74) is 2.79. The molecule has 0 aliphatic rings. The van der Waals surface area contributed by atoms with E-state index in [0.29, 0.717) is 12.2 Å². The molecule has 4 rings (SSSR count). The number of para-hydroxylation sites is 1. The van der Waals surface area contributed by atoms with Crippen molar-refractivity contribution in [2.24, 2.45) is 0 Å². The zero-order chi connectivity index (χ0) is 20.5. The van der Waals surface area contributed by atoms with Crippen LogP contribution in [0.4, 0.5) is 0 Å². The van der Waals surface area contributed by atoms with Crippen LogP contribution in [0.15, 0.2) is 59.4 Å². The van der Waals surface area contributed by atoms with Crippen molar-refractivity contribution in [1.82, 2.24) is 19.5 Å². The quantitative estimate of drug-likeness (QED) is 0.568. The molecule has 7 heteroatoms. The maximum Gasteiger partial charge on any atom is 0.273 e. The zero-order valence-electron chi connectivity index (χ0n) is 16.5. The molecule has 0 aliphatic carbocycles. The van der Waals surface area contributed by atoms with Gasteiger partial charge in [0.05, 0.1) is 12.6 Å². The fourth-order valence-electron chi connectivity index (χ4n) is 3.62. The number of carbonyl (C=O) groups excluding carboxylic acids is 1. The van der Waals surface area contributed by atoms with E-state index in [1.807, 2.05) is 71.6 Å². The summed E-state index contributed by atoms with van der Waals surface area (Å²) >= 11 is 0. The molecule has 1 atom stereocenters. The number of fused-ring (bicyclic) bond motifs is 3.